The Hall–Kier alpha value is -2.04. The molecule has 2 amide bonds. The molecule has 0 atom stereocenters. The molecular weight excluding hydrogens is 268 g/mol. The van der Waals surface area contributed by atoms with Gasteiger partial charge in [-0.05, 0) is 29.9 Å². The molecule has 0 fully saturated rings. The maximum Gasteiger partial charge on any atom is 0.323 e. The second kappa shape index (κ2) is 6.61. The monoisotopic (exact) mass is 290 g/mol. The van der Waals surface area contributed by atoms with E-state index >= 15 is 0 Å². The van der Waals surface area contributed by atoms with E-state index in [1.165, 1.54) is 16.0 Å². The Morgan fingerprint density at radius 1 is 1.29 bits per heavy atom. The fraction of sp³-hybridized carbons (Fsp3) is 0.500. The first-order valence-electron chi connectivity index (χ1n) is 7.29. The summed E-state index contributed by atoms with van der Waals surface area (Å²) in [4.78, 5) is 24.5. The molecule has 21 heavy (non-hydrogen) atoms. The van der Waals surface area contributed by atoms with E-state index in [9.17, 15) is 9.59 Å². The number of carbonyl (C=O) groups excluding carboxylic acids is 1. The van der Waals surface area contributed by atoms with E-state index in [1.807, 2.05) is 26.0 Å². The predicted octanol–water partition coefficient (Wildman–Crippen LogP) is 1.91. The number of carboxylic acid groups (broad SMARTS) is 1. The van der Waals surface area contributed by atoms with Crippen LogP contribution in [0.1, 0.15) is 25.0 Å². The molecule has 0 bridgehead atoms. The average molecular weight is 290 g/mol. The topological polar surface area (TPSA) is 69.6 Å². The molecule has 0 unspecified atom stereocenters. The minimum Gasteiger partial charge on any atom is -0.480 e. The maximum absolute atomic E-state index is 12.3. The zero-order chi connectivity index (χ0) is 15.4. The van der Waals surface area contributed by atoms with Gasteiger partial charge in [0, 0.05) is 12.6 Å². The highest BCUT2D eigenvalue weighted by Gasteiger charge is 2.25. The normalized spacial score (nSPS) is 14.0. The number of aliphatic carboxylic acids is 1. The zero-order valence-electron chi connectivity index (χ0n) is 12.5. The van der Waals surface area contributed by atoms with Gasteiger partial charge >= 0.3 is 12.0 Å². The third kappa shape index (κ3) is 4.21. The van der Waals surface area contributed by atoms with Crippen LogP contribution in [0.2, 0.25) is 0 Å². The van der Waals surface area contributed by atoms with Gasteiger partial charge in [-0.25, -0.2) is 4.79 Å². The summed E-state index contributed by atoms with van der Waals surface area (Å²) in [6, 6.07) is 7.91. The lowest BCUT2D eigenvalue weighted by molar-refractivity contribution is -0.137. The second-order valence-corrected chi connectivity index (χ2v) is 5.99. The minimum absolute atomic E-state index is 0.0540. The number of hydrogen-bond acceptors (Lipinski definition) is 2. The Bertz CT molecular complexity index is 503. The van der Waals surface area contributed by atoms with Gasteiger partial charge in [0.25, 0.3) is 0 Å². The van der Waals surface area contributed by atoms with Crippen LogP contribution in [-0.4, -0.2) is 41.1 Å². The van der Waals surface area contributed by atoms with Crippen molar-refractivity contribution in [3.05, 3.63) is 35.4 Å². The van der Waals surface area contributed by atoms with Gasteiger partial charge < -0.3 is 15.3 Å². The number of hydrogen-bond donors (Lipinski definition) is 2. The van der Waals surface area contributed by atoms with Crippen LogP contribution in [0.25, 0.3) is 0 Å². The van der Waals surface area contributed by atoms with Crippen molar-refractivity contribution in [3.8, 4) is 0 Å². The van der Waals surface area contributed by atoms with E-state index in [0.717, 1.165) is 12.8 Å². The first-order chi connectivity index (χ1) is 9.95. The van der Waals surface area contributed by atoms with E-state index in [-0.39, 0.29) is 24.5 Å². The quantitative estimate of drug-likeness (QED) is 0.870. The Kier molecular flexibility index (Phi) is 4.83. The van der Waals surface area contributed by atoms with E-state index in [0.29, 0.717) is 6.54 Å². The molecule has 1 aromatic carbocycles. The first kappa shape index (κ1) is 15.4. The smallest absolute Gasteiger partial charge is 0.323 e. The molecule has 5 nitrogen and oxygen atoms in total. The van der Waals surface area contributed by atoms with Crippen LogP contribution in [0.15, 0.2) is 24.3 Å². The molecule has 114 valence electrons. The lowest BCUT2D eigenvalue weighted by Gasteiger charge is -2.25. The summed E-state index contributed by atoms with van der Waals surface area (Å²) in [5.74, 6) is -0.753. The lowest BCUT2D eigenvalue weighted by atomic mass is 10.1. The van der Waals surface area contributed by atoms with Gasteiger partial charge in [0.15, 0.2) is 0 Å². The van der Waals surface area contributed by atoms with E-state index in [4.69, 9.17) is 5.11 Å². The molecule has 2 N–H and O–H groups in total. The highest BCUT2D eigenvalue weighted by Crippen LogP contribution is 2.21. The van der Waals surface area contributed by atoms with Gasteiger partial charge in [-0.1, -0.05) is 38.1 Å². The molecule has 0 heterocycles. The van der Waals surface area contributed by atoms with E-state index in [2.05, 4.69) is 17.4 Å². The van der Waals surface area contributed by atoms with Crippen LogP contribution in [0.5, 0.6) is 0 Å². The fourth-order valence-electron chi connectivity index (χ4n) is 2.75. The molecule has 0 radical (unpaired) electrons. The molecule has 1 aliphatic rings. The highest BCUT2D eigenvalue weighted by atomic mass is 16.4. The summed E-state index contributed by atoms with van der Waals surface area (Å²) in [6.45, 7) is 4.11. The highest BCUT2D eigenvalue weighted by molar-refractivity contribution is 5.80. The number of carboxylic acids is 1. The van der Waals surface area contributed by atoms with Crippen LogP contribution in [-0.2, 0) is 17.6 Å². The van der Waals surface area contributed by atoms with Gasteiger partial charge in [0.1, 0.15) is 6.54 Å². The van der Waals surface area contributed by atoms with Crippen LogP contribution >= 0.6 is 0 Å². The van der Waals surface area contributed by atoms with Gasteiger partial charge in [-0.3, -0.25) is 4.79 Å². The van der Waals surface area contributed by atoms with Crippen molar-refractivity contribution in [3.63, 3.8) is 0 Å². The standard InChI is InChI=1S/C16H22N2O3/c1-11(2)9-18(10-15(19)20)16(21)17-14-7-12-5-3-4-6-13(12)8-14/h3-6,11,14H,7-10H2,1-2H3,(H,17,21)(H,19,20). The molecule has 0 aliphatic heterocycles. The van der Waals surface area contributed by atoms with Crippen molar-refractivity contribution in [2.75, 3.05) is 13.1 Å². The largest absolute Gasteiger partial charge is 0.480 e. The molecule has 2 rings (SSSR count). The molecule has 1 aromatic rings. The van der Waals surface area contributed by atoms with Crippen LogP contribution in [0.3, 0.4) is 0 Å². The van der Waals surface area contributed by atoms with Gasteiger partial charge in [0.2, 0.25) is 0 Å². The van der Waals surface area contributed by atoms with Gasteiger partial charge in [-0.2, -0.15) is 0 Å². The van der Waals surface area contributed by atoms with Gasteiger partial charge in [-0.15, -0.1) is 0 Å². The number of rotatable bonds is 5. The number of carbonyl (C=O) groups is 2. The Labute approximate surface area is 125 Å². The van der Waals surface area contributed by atoms with Crippen molar-refractivity contribution in [2.24, 2.45) is 5.92 Å². The summed E-state index contributed by atoms with van der Waals surface area (Å²) in [5.41, 5.74) is 2.52. The first-order valence-corrected chi connectivity index (χ1v) is 7.29. The molecule has 0 spiro atoms. The van der Waals surface area contributed by atoms with Crippen molar-refractivity contribution in [2.45, 2.75) is 32.7 Å². The number of benzene rings is 1. The third-order valence-electron chi connectivity index (χ3n) is 3.58. The number of amides is 2. The van der Waals surface area contributed by atoms with Crippen molar-refractivity contribution in [1.82, 2.24) is 10.2 Å². The Morgan fingerprint density at radius 3 is 2.33 bits per heavy atom. The van der Waals surface area contributed by atoms with Crippen LogP contribution in [0.4, 0.5) is 4.79 Å². The number of nitrogens with zero attached hydrogens (tertiary/aromatic N) is 1. The average Bonchev–Trinajstić information content (AvgIpc) is 2.78. The number of fused-ring (bicyclic) bond motifs is 1. The van der Waals surface area contributed by atoms with Crippen molar-refractivity contribution in [1.29, 1.82) is 0 Å². The molecule has 0 saturated heterocycles. The Morgan fingerprint density at radius 2 is 1.86 bits per heavy atom. The van der Waals surface area contributed by atoms with Crippen molar-refractivity contribution >= 4 is 12.0 Å². The maximum atomic E-state index is 12.3. The number of nitrogens with one attached hydrogen (secondary N) is 1. The summed E-state index contributed by atoms with van der Waals surface area (Å²) in [7, 11) is 0. The number of urea groups is 1. The summed E-state index contributed by atoms with van der Waals surface area (Å²) in [5, 5.41) is 11.9. The van der Waals surface area contributed by atoms with Crippen LogP contribution in [0, 0.1) is 5.92 Å². The summed E-state index contributed by atoms with van der Waals surface area (Å²) in [6.07, 6.45) is 1.62. The fourth-order valence-corrected chi connectivity index (χ4v) is 2.75. The molecular formula is C16H22N2O3. The summed E-state index contributed by atoms with van der Waals surface area (Å²) < 4.78 is 0. The summed E-state index contributed by atoms with van der Waals surface area (Å²) >= 11 is 0. The molecule has 5 heteroatoms. The molecule has 1 aliphatic carbocycles. The van der Waals surface area contributed by atoms with Crippen molar-refractivity contribution < 1.29 is 14.7 Å². The zero-order valence-corrected chi connectivity index (χ0v) is 12.5. The predicted molar refractivity (Wildman–Crippen MR) is 80.2 cm³/mol. The molecule has 0 saturated carbocycles. The van der Waals surface area contributed by atoms with E-state index < -0.39 is 5.97 Å². The van der Waals surface area contributed by atoms with E-state index in [1.54, 1.807) is 0 Å². The minimum atomic E-state index is -0.986. The third-order valence-corrected chi connectivity index (χ3v) is 3.58. The van der Waals surface area contributed by atoms with Gasteiger partial charge in [0.05, 0.1) is 0 Å². The second-order valence-electron chi connectivity index (χ2n) is 5.99. The SMILES string of the molecule is CC(C)CN(CC(=O)O)C(=O)NC1Cc2ccccc2C1. The molecule has 0 aromatic heterocycles. The lowest BCUT2D eigenvalue weighted by Crippen LogP contribution is -2.48. The van der Waals surface area contributed by atoms with Crippen LogP contribution < -0.4 is 5.32 Å². The Balaban J connectivity index is 1.95.